The predicted molar refractivity (Wildman–Crippen MR) is 72.1 cm³/mol. The molecule has 1 saturated heterocycles. The minimum absolute atomic E-state index is 0.101. The molecule has 1 atom stereocenters. The van der Waals surface area contributed by atoms with Gasteiger partial charge in [0.1, 0.15) is 5.82 Å². The van der Waals surface area contributed by atoms with E-state index in [0.717, 1.165) is 6.07 Å². The quantitative estimate of drug-likeness (QED) is 0.881. The first kappa shape index (κ1) is 14.3. The third-order valence-electron chi connectivity index (χ3n) is 3.79. The first-order chi connectivity index (χ1) is 9.33. The Morgan fingerprint density at radius 3 is 2.70 bits per heavy atom. The Morgan fingerprint density at radius 2 is 2.15 bits per heavy atom. The number of nitrogens with zero attached hydrogens (tertiary/aromatic N) is 1. The number of aliphatic carboxylic acids is 1. The average molecular weight is 280 g/mol. The molecule has 1 aliphatic heterocycles. The van der Waals surface area contributed by atoms with E-state index in [2.05, 4.69) is 0 Å². The highest BCUT2D eigenvalue weighted by Gasteiger charge is 2.38. The van der Waals surface area contributed by atoms with Crippen LogP contribution in [0.15, 0.2) is 18.2 Å². The topological polar surface area (TPSA) is 83.6 Å². The van der Waals surface area contributed by atoms with E-state index >= 15 is 0 Å². The summed E-state index contributed by atoms with van der Waals surface area (Å²) in [5, 5.41) is 9.27. The summed E-state index contributed by atoms with van der Waals surface area (Å²) in [4.78, 5) is 24.0. The van der Waals surface area contributed by atoms with E-state index in [1.54, 1.807) is 11.8 Å². The van der Waals surface area contributed by atoms with E-state index in [1.807, 2.05) is 0 Å². The molecule has 1 amide bonds. The van der Waals surface area contributed by atoms with Gasteiger partial charge in [-0.1, -0.05) is 0 Å². The molecule has 1 aromatic rings. The number of nitrogens with two attached hydrogens (primary N) is 1. The molecule has 0 radical (unpaired) electrons. The number of hydrogen-bond donors (Lipinski definition) is 2. The van der Waals surface area contributed by atoms with Crippen LogP contribution in [0.5, 0.6) is 0 Å². The normalized spacial score (nSPS) is 22.6. The molecule has 20 heavy (non-hydrogen) atoms. The Bertz CT molecular complexity index is 561. The van der Waals surface area contributed by atoms with Crippen molar-refractivity contribution in [2.45, 2.75) is 19.8 Å². The third-order valence-corrected chi connectivity index (χ3v) is 3.79. The number of amides is 1. The van der Waals surface area contributed by atoms with Crippen LogP contribution in [0.3, 0.4) is 0 Å². The molecular weight excluding hydrogens is 263 g/mol. The monoisotopic (exact) mass is 280 g/mol. The largest absolute Gasteiger partial charge is 0.481 e. The lowest BCUT2D eigenvalue weighted by Crippen LogP contribution is -2.46. The van der Waals surface area contributed by atoms with Crippen LogP contribution in [0.2, 0.25) is 0 Å². The first-order valence-electron chi connectivity index (χ1n) is 6.41. The summed E-state index contributed by atoms with van der Waals surface area (Å²) in [6.07, 6.45) is 1.25. The van der Waals surface area contributed by atoms with Crippen molar-refractivity contribution in [1.82, 2.24) is 0 Å². The van der Waals surface area contributed by atoms with Gasteiger partial charge in [0.2, 0.25) is 5.91 Å². The molecule has 1 fully saturated rings. The maximum atomic E-state index is 14.1. The molecule has 1 heterocycles. The fraction of sp³-hybridized carbons (Fsp3) is 0.429. The van der Waals surface area contributed by atoms with Crippen molar-refractivity contribution in [3.8, 4) is 0 Å². The zero-order valence-corrected chi connectivity index (χ0v) is 11.2. The number of primary amides is 1. The van der Waals surface area contributed by atoms with Gasteiger partial charge in [-0.2, -0.15) is 0 Å². The molecule has 1 aliphatic rings. The molecule has 0 aromatic heterocycles. The second kappa shape index (κ2) is 5.11. The first-order valence-corrected chi connectivity index (χ1v) is 6.41. The van der Waals surface area contributed by atoms with Crippen molar-refractivity contribution < 1.29 is 19.1 Å². The zero-order chi connectivity index (χ0) is 14.9. The minimum atomic E-state index is -0.882. The van der Waals surface area contributed by atoms with Crippen molar-refractivity contribution in [2.24, 2.45) is 11.1 Å². The summed E-state index contributed by atoms with van der Waals surface area (Å²) in [5.41, 5.74) is 4.62. The molecule has 6 heteroatoms. The SMILES string of the molecule is CC1(C(=O)O)CCCN(c2ccc(C(N)=O)cc2F)C1. The molecule has 0 saturated carbocycles. The Hall–Kier alpha value is -2.11. The lowest BCUT2D eigenvalue weighted by Gasteiger charge is -2.39. The van der Waals surface area contributed by atoms with E-state index in [9.17, 15) is 19.1 Å². The van der Waals surface area contributed by atoms with Crippen molar-refractivity contribution in [3.05, 3.63) is 29.6 Å². The number of carboxylic acid groups (broad SMARTS) is 1. The van der Waals surface area contributed by atoms with Crippen molar-refractivity contribution in [3.63, 3.8) is 0 Å². The van der Waals surface area contributed by atoms with Crippen LogP contribution in [-0.4, -0.2) is 30.1 Å². The highest BCUT2D eigenvalue weighted by atomic mass is 19.1. The fourth-order valence-corrected chi connectivity index (χ4v) is 2.54. The Morgan fingerprint density at radius 1 is 1.45 bits per heavy atom. The highest BCUT2D eigenvalue weighted by Crippen LogP contribution is 2.33. The van der Waals surface area contributed by atoms with E-state index in [1.165, 1.54) is 12.1 Å². The van der Waals surface area contributed by atoms with Gasteiger partial charge < -0.3 is 15.7 Å². The van der Waals surface area contributed by atoms with Gasteiger partial charge >= 0.3 is 5.97 Å². The summed E-state index contributed by atoms with van der Waals surface area (Å²) in [6, 6.07) is 4.01. The average Bonchev–Trinajstić information content (AvgIpc) is 2.38. The number of benzene rings is 1. The summed E-state index contributed by atoms with van der Waals surface area (Å²) in [6.45, 7) is 2.50. The molecule has 108 valence electrons. The van der Waals surface area contributed by atoms with Crippen molar-refractivity contribution in [1.29, 1.82) is 0 Å². The minimum Gasteiger partial charge on any atom is -0.481 e. The van der Waals surface area contributed by atoms with Crippen LogP contribution >= 0.6 is 0 Å². The number of piperidine rings is 1. The number of anilines is 1. The second-order valence-electron chi connectivity index (χ2n) is 5.42. The van der Waals surface area contributed by atoms with Gasteiger partial charge in [0.15, 0.2) is 0 Å². The second-order valence-corrected chi connectivity index (χ2v) is 5.42. The Labute approximate surface area is 116 Å². The van der Waals surface area contributed by atoms with E-state index in [-0.39, 0.29) is 12.1 Å². The van der Waals surface area contributed by atoms with Crippen LogP contribution in [0.4, 0.5) is 10.1 Å². The smallest absolute Gasteiger partial charge is 0.311 e. The molecule has 5 nitrogen and oxygen atoms in total. The van der Waals surface area contributed by atoms with Crippen molar-refractivity contribution >= 4 is 17.6 Å². The molecule has 0 aliphatic carbocycles. The standard InChI is InChI=1S/C14H17FN2O3/c1-14(13(19)20)5-2-6-17(8-14)11-4-3-9(12(16)18)7-10(11)15/h3-4,7H,2,5-6,8H2,1H3,(H2,16,18)(H,19,20). The lowest BCUT2D eigenvalue weighted by molar-refractivity contribution is -0.148. The maximum Gasteiger partial charge on any atom is 0.311 e. The van der Waals surface area contributed by atoms with Gasteiger partial charge in [-0.05, 0) is 38.0 Å². The molecule has 1 aromatic carbocycles. The van der Waals surface area contributed by atoms with Gasteiger partial charge in [0, 0.05) is 18.7 Å². The zero-order valence-electron chi connectivity index (χ0n) is 11.2. The number of hydrogen-bond acceptors (Lipinski definition) is 3. The third kappa shape index (κ3) is 2.59. The Balaban J connectivity index is 2.28. The number of carbonyl (C=O) groups is 2. The predicted octanol–water partition coefficient (Wildman–Crippen LogP) is 1.62. The van der Waals surface area contributed by atoms with Gasteiger partial charge in [0.05, 0.1) is 11.1 Å². The van der Waals surface area contributed by atoms with Gasteiger partial charge in [-0.25, -0.2) is 4.39 Å². The molecule has 1 unspecified atom stereocenters. The van der Waals surface area contributed by atoms with E-state index < -0.39 is 23.1 Å². The van der Waals surface area contributed by atoms with Crippen LogP contribution in [0.25, 0.3) is 0 Å². The molecule has 2 rings (SSSR count). The van der Waals surface area contributed by atoms with Crippen LogP contribution < -0.4 is 10.6 Å². The van der Waals surface area contributed by atoms with Crippen LogP contribution in [-0.2, 0) is 4.79 Å². The summed E-state index contributed by atoms with van der Waals surface area (Å²) in [5.74, 6) is -2.13. The highest BCUT2D eigenvalue weighted by molar-refractivity contribution is 5.93. The number of carboxylic acids is 1. The van der Waals surface area contributed by atoms with Gasteiger partial charge in [-0.3, -0.25) is 9.59 Å². The van der Waals surface area contributed by atoms with E-state index in [4.69, 9.17) is 5.73 Å². The summed E-state index contributed by atoms with van der Waals surface area (Å²) in [7, 11) is 0. The fourth-order valence-electron chi connectivity index (χ4n) is 2.54. The molecule has 0 spiro atoms. The maximum absolute atomic E-state index is 14.1. The summed E-state index contributed by atoms with van der Waals surface area (Å²) >= 11 is 0. The molecular formula is C14H17FN2O3. The Kier molecular flexibility index (Phi) is 3.65. The number of rotatable bonds is 3. The van der Waals surface area contributed by atoms with Gasteiger partial charge in [0.25, 0.3) is 0 Å². The lowest BCUT2D eigenvalue weighted by atomic mass is 9.82. The van der Waals surface area contributed by atoms with Gasteiger partial charge in [-0.15, -0.1) is 0 Å². The number of halogens is 1. The van der Waals surface area contributed by atoms with E-state index in [0.29, 0.717) is 25.1 Å². The van der Waals surface area contributed by atoms with Crippen LogP contribution in [0, 0.1) is 11.2 Å². The molecule has 0 bridgehead atoms. The van der Waals surface area contributed by atoms with Crippen molar-refractivity contribution in [2.75, 3.05) is 18.0 Å². The molecule has 3 N–H and O–H groups in total. The summed E-state index contributed by atoms with van der Waals surface area (Å²) < 4.78 is 14.1. The number of carbonyl (C=O) groups excluding carboxylic acids is 1. The van der Waals surface area contributed by atoms with Crippen LogP contribution in [0.1, 0.15) is 30.1 Å².